The van der Waals surface area contributed by atoms with Gasteiger partial charge >= 0.3 is 0 Å². The Morgan fingerprint density at radius 3 is 2.30 bits per heavy atom. The van der Waals surface area contributed by atoms with Crippen molar-refractivity contribution in [2.24, 2.45) is 0 Å². The standard InChI is InChI=1S/C21H18N4O5/c1-24(11-17-22-19(23-30-17)13-7-9-14(29-2)10-8-13)18(26)12-25-20(27)15-5-3-4-6-16(15)21(25)28/h3-10H,11-12H2,1-2H3. The molecule has 1 aromatic heterocycles. The minimum atomic E-state index is -0.475. The third-order valence-corrected chi connectivity index (χ3v) is 4.79. The second-order valence-electron chi connectivity index (χ2n) is 6.73. The normalized spacial score (nSPS) is 12.8. The molecule has 4 rings (SSSR count). The summed E-state index contributed by atoms with van der Waals surface area (Å²) in [5.41, 5.74) is 1.35. The van der Waals surface area contributed by atoms with Crippen molar-refractivity contribution in [1.82, 2.24) is 19.9 Å². The Bertz CT molecular complexity index is 1090. The molecule has 0 fully saturated rings. The number of likely N-dealkylation sites (N-methyl/N-ethyl adjacent to an activating group) is 1. The number of fused-ring (bicyclic) bond motifs is 1. The summed E-state index contributed by atoms with van der Waals surface area (Å²) in [4.78, 5) is 44.0. The highest BCUT2D eigenvalue weighted by molar-refractivity contribution is 6.22. The van der Waals surface area contributed by atoms with Gasteiger partial charge < -0.3 is 14.2 Å². The predicted molar refractivity (Wildman–Crippen MR) is 105 cm³/mol. The van der Waals surface area contributed by atoms with E-state index in [1.54, 1.807) is 55.6 Å². The van der Waals surface area contributed by atoms with Gasteiger partial charge in [0, 0.05) is 12.6 Å². The molecule has 0 aliphatic carbocycles. The number of imide groups is 1. The number of nitrogens with zero attached hydrogens (tertiary/aromatic N) is 4. The fraction of sp³-hybridized carbons (Fsp3) is 0.190. The van der Waals surface area contributed by atoms with E-state index in [0.717, 1.165) is 10.5 Å². The quantitative estimate of drug-likeness (QED) is 0.577. The first-order chi connectivity index (χ1) is 14.5. The number of hydrogen-bond donors (Lipinski definition) is 0. The third-order valence-electron chi connectivity index (χ3n) is 4.79. The van der Waals surface area contributed by atoms with E-state index in [4.69, 9.17) is 9.26 Å². The summed E-state index contributed by atoms with van der Waals surface area (Å²) in [6, 6.07) is 13.7. The molecule has 3 amide bonds. The summed E-state index contributed by atoms with van der Waals surface area (Å²) in [7, 11) is 3.12. The number of rotatable bonds is 6. The highest BCUT2D eigenvalue weighted by atomic mass is 16.5. The Hall–Kier alpha value is -4.01. The van der Waals surface area contributed by atoms with Gasteiger partial charge in [-0.05, 0) is 36.4 Å². The summed E-state index contributed by atoms with van der Waals surface area (Å²) in [5, 5.41) is 3.93. The largest absolute Gasteiger partial charge is 0.497 e. The van der Waals surface area contributed by atoms with Gasteiger partial charge in [-0.3, -0.25) is 19.3 Å². The minimum Gasteiger partial charge on any atom is -0.497 e. The molecule has 3 aromatic rings. The lowest BCUT2D eigenvalue weighted by Crippen LogP contribution is -2.41. The molecular weight excluding hydrogens is 388 g/mol. The van der Waals surface area contributed by atoms with E-state index in [1.807, 2.05) is 0 Å². The summed E-state index contributed by atoms with van der Waals surface area (Å²) in [6.07, 6.45) is 0. The Morgan fingerprint density at radius 2 is 1.70 bits per heavy atom. The molecule has 0 unspecified atom stereocenters. The Labute approximate surface area is 171 Å². The van der Waals surface area contributed by atoms with Crippen molar-refractivity contribution in [2.75, 3.05) is 20.7 Å². The molecule has 1 aliphatic heterocycles. The number of aromatic nitrogens is 2. The maximum absolute atomic E-state index is 12.6. The van der Waals surface area contributed by atoms with Gasteiger partial charge in [0.15, 0.2) is 0 Å². The van der Waals surface area contributed by atoms with E-state index in [0.29, 0.717) is 22.7 Å². The van der Waals surface area contributed by atoms with Crippen LogP contribution in [0.25, 0.3) is 11.4 Å². The predicted octanol–water partition coefficient (Wildman–Crippen LogP) is 2.00. The maximum atomic E-state index is 12.6. The Kier molecular flexibility index (Phi) is 5.01. The van der Waals surface area contributed by atoms with E-state index < -0.39 is 17.7 Å². The molecule has 30 heavy (non-hydrogen) atoms. The lowest BCUT2D eigenvalue weighted by atomic mass is 10.1. The van der Waals surface area contributed by atoms with Crippen LogP contribution in [0.3, 0.4) is 0 Å². The summed E-state index contributed by atoms with van der Waals surface area (Å²) >= 11 is 0. The van der Waals surface area contributed by atoms with Gasteiger partial charge in [0.05, 0.1) is 24.8 Å². The van der Waals surface area contributed by atoms with Crippen molar-refractivity contribution >= 4 is 17.7 Å². The smallest absolute Gasteiger partial charge is 0.262 e. The average molecular weight is 406 g/mol. The van der Waals surface area contributed by atoms with Gasteiger partial charge in [0.1, 0.15) is 12.3 Å². The van der Waals surface area contributed by atoms with Gasteiger partial charge in [-0.2, -0.15) is 4.98 Å². The molecule has 2 heterocycles. The molecule has 0 N–H and O–H groups in total. The molecule has 1 aliphatic rings. The SMILES string of the molecule is COc1ccc(-c2noc(CN(C)C(=O)CN3C(=O)c4ccccc4C3=O)n2)cc1. The first-order valence-corrected chi connectivity index (χ1v) is 9.14. The number of carbonyl (C=O) groups excluding carboxylic acids is 3. The van der Waals surface area contributed by atoms with Gasteiger partial charge in [0.25, 0.3) is 11.8 Å². The highest BCUT2D eigenvalue weighted by Crippen LogP contribution is 2.23. The number of amides is 3. The third kappa shape index (κ3) is 3.52. The molecule has 0 saturated carbocycles. The number of benzene rings is 2. The zero-order chi connectivity index (χ0) is 21.3. The lowest BCUT2D eigenvalue weighted by Gasteiger charge is -2.19. The fourth-order valence-electron chi connectivity index (χ4n) is 3.11. The number of hydrogen-bond acceptors (Lipinski definition) is 7. The number of methoxy groups -OCH3 is 1. The molecule has 0 bridgehead atoms. The summed E-state index contributed by atoms with van der Waals surface area (Å²) in [5.74, 6) is -0.0450. The van der Waals surface area contributed by atoms with Crippen LogP contribution in [0.1, 0.15) is 26.6 Å². The Morgan fingerprint density at radius 1 is 1.07 bits per heavy atom. The monoisotopic (exact) mass is 406 g/mol. The fourth-order valence-corrected chi connectivity index (χ4v) is 3.11. The van der Waals surface area contributed by atoms with E-state index in [1.165, 1.54) is 11.9 Å². The lowest BCUT2D eigenvalue weighted by molar-refractivity contribution is -0.131. The van der Waals surface area contributed by atoms with Crippen molar-refractivity contribution in [2.45, 2.75) is 6.54 Å². The van der Waals surface area contributed by atoms with E-state index in [2.05, 4.69) is 10.1 Å². The second kappa shape index (κ2) is 7.78. The minimum absolute atomic E-state index is 0.0468. The molecule has 9 nitrogen and oxygen atoms in total. The number of ether oxygens (including phenoxy) is 1. The van der Waals surface area contributed by atoms with E-state index in [-0.39, 0.29) is 19.0 Å². The van der Waals surface area contributed by atoms with Crippen molar-refractivity contribution in [3.8, 4) is 17.1 Å². The van der Waals surface area contributed by atoms with Crippen LogP contribution in [-0.4, -0.2) is 58.4 Å². The van der Waals surface area contributed by atoms with Crippen molar-refractivity contribution in [1.29, 1.82) is 0 Å². The number of carbonyl (C=O) groups is 3. The Balaban J connectivity index is 1.40. The molecule has 0 atom stereocenters. The molecular formula is C21H18N4O5. The van der Waals surface area contributed by atoms with Crippen LogP contribution in [0.15, 0.2) is 53.1 Å². The maximum Gasteiger partial charge on any atom is 0.262 e. The van der Waals surface area contributed by atoms with Crippen molar-refractivity contribution in [3.63, 3.8) is 0 Å². The van der Waals surface area contributed by atoms with Crippen molar-refractivity contribution in [3.05, 3.63) is 65.5 Å². The molecule has 9 heteroatoms. The first-order valence-electron chi connectivity index (χ1n) is 9.14. The summed E-state index contributed by atoms with van der Waals surface area (Å²) in [6.45, 7) is -0.312. The van der Waals surface area contributed by atoms with E-state index in [9.17, 15) is 14.4 Å². The van der Waals surface area contributed by atoms with Crippen LogP contribution in [0.5, 0.6) is 5.75 Å². The molecule has 0 spiro atoms. The topological polar surface area (TPSA) is 106 Å². The van der Waals surface area contributed by atoms with E-state index >= 15 is 0 Å². The summed E-state index contributed by atoms with van der Waals surface area (Å²) < 4.78 is 10.3. The van der Waals surface area contributed by atoms with Gasteiger partial charge in [0.2, 0.25) is 17.6 Å². The van der Waals surface area contributed by atoms with Crippen LogP contribution >= 0.6 is 0 Å². The van der Waals surface area contributed by atoms with Crippen LogP contribution in [0, 0.1) is 0 Å². The van der Waals surface area contributed by atoms with Crippen LogP contribution in [-0.2, 0) is 11.3 Å². The molecule has 0 saturated heterocycles. The van der Waals surface area contributed by atoms with Gasteiger partial charge in [-0.1, -0.05) is 17.3 Å². The van der Waals surface area contributed by atoms with Gasteiger partial charge in [-0.25, -0.2) is 0 Å². The highest BCUT2D eigenvalue weighted by Gasteiger charge is 2.36. The van der Waals surface area contributed by atoms with Crippen LogP contribution in [0.2, 0.25) is 0 Å². The second-order valence-corrected chi connectivity index (χ2v) is 6.73. The zero-order valence-corrected chi connectivity index (χ0v) is 16.4. The average Bonchev–Trinajstić information content (AvgIpc) is 3.33. The van der Waals surface area contributed by atoms with Crippen LogP contribution in [0.4, 0.5) is 0 Å². The van der Waals surface area contributed by atoms with Crippen LogP contribution < -0.4 is 4.74 Å². The first kappa shape index (κ1) is 19.3. The van der Waals surface area contributed by atoms with Crippen molar-refractivity contribution < 1.29 is 23.6 Å². The zero-order valence-electron chi connectivity index (χ0n) is 16.4. The molecule has 2 aromatic carbocycles. The molecule has 152 valence electrons. The molecule has 0 radical (unpaired) electrons. The van der Waals surface area contributed by atoms with Gasteiger partial charge in [-0.15, -0.1) is 0 Å².